The number of aromatic hydroxyl groups is 1. The van der Waals surface area contributed by atoms with Crippen LogP contribution < -0.4 is 20.2 Å². The van der Waals surface area contributed by atoms with Crippen LogP contribution in [0.1, 0.15) is 25.3 Å². The molecule has 0 radical (unpaired) electrons. The van der Waals surface area contributed by atoms with Gasteiger partial charge in [0.1, 0.15) is 5.75 Å². The lowest BCUT2D eigenvalue weighted by Crippen LogP contribution is -2.20. The Bertz CT molecular complexity index is 834. The first-order chi connectivity index (χ1) is 13.5. The molecule has 0 spiro atoms. The van der Waals surface area contributed by atoms with Crippen molar-refractivity contribution in [2.45, 2.75) is 19.8 Å². The number of ether oxygens (including phenoxy) is 2. The van der Waals surface area contributed by atoms with Gasteiger partial charge in [-0.15, -0.1) is 0 Å². The first-order valence-corrected chi connectivity index (χ1v) is 8.73. The Hall–Kier alpha value is -3.55. The number of nitrogens with zero attached hydrogens (tertiary/aromatic N) is 1. The van der Waals surface area contributed by atoms with E-state index in [1.165, 1.54) is 19.4 Å². The molecule has 0 saturated carbocycles. The van der Waals surface area contributed by atoms with E-state index >= 15 is 0 Å². The number of carbonyl (C=O) groups is 2. The number of hydrogen-bond donors (Lipinski definition) is 3. The molecule has 0 fully saturated rings. The number of hydrazone groups is 1. The van der Waals surface area contributed by atoms with Crippen LogP contribution in [0, 0.1) is 0 Å². The second-order valence-electron chi connectivity index (χ2n) is 5.73. The van der Waals surface area contributed by atoms with E-state index in [-0.39, 0.29) is 30.4 Å². The molecule has 8 nitrogen and oxygen atoms in total. The minimum absolute atomic E-state index is 0.000891. The lowest BCUT2D eigenvalue weighted by atomic mass is 10.2. The zero-order valence-electron chi connectivity index (χ0n) is 15.8. The quantitative estimate of drug-likeness (QED) is 0.454. The third-order valence-electron chi connectivity index (χ3n) is 3.63. The number of benzene rings is 2. The Morgan fingerprint density at radius 3 is 2.50 bits per heavy atom. The summed E-state index contributed by atoms with van der Waals surface area (Å²) in [6.07, 6.45) is 1.44. The zero-order valence-corrected chi connectivity index (χ0v) is 15.8. The Morgan fingerprint density at radius 1 is 1.11 bits per heavy atom. The highest BCUT2D eigenvalue weighted by Gasteiger charge is 2.07. The lowest BCUT2D eigenvalue weighted by molar-refractivity contribution is -0.124. The molecule has 28 heavy (non-hydrogen) atoms. The Kier molecular flexibility index (Phi) is 7.83. The first kappa shape index (κ1) is 20.8. The Balaban J connectivity index is 1.74. The lowest BCUT2D eigenvalue weighted by Gasteiger charge is -2.07. The van der Waals surface area contributed by atoms with E-state index in [0.29, 0.717) is 23.6 Å². The summed E-state index contributed by atoms with van der Waals surface area (Å²) >= 11 is 0. The molecule has 0 aliphatic heterocycles. The van der Waals surface area contributed by atoms with Gasteiger partial charge in [-0.25, -0.2) is 5.43 Å². The maximum absolute atomic E-state index is 11.9. The number of rotatable bonds is 9. The molecule has 2 amide bonds. The summed E-state index contributed by atoms with van der Waals surface area (Å²) in [6.45, 7) is 2.47. The molecule has 0 heterocycles. The molecule has 2 rings (SSSR count). The monoisotopic (exact) mass is 385 g/mol. The highest BCUT2D eigenvalue weighted by molar-refractivity contribution is 5.93. The molecule has 0 atom stereocenters. The summed E-state index contributed by atoms with van der Waals surface area (Å²) in [5, 5.41) is 16.1. The summed E-state index contributed by atoms with van der Waals surface area (Å²) in [5.74, 6) is 0.392. The molecular weight excluding hydrogens is 362 g/mol. The van der Waals surface area contributed by atoms with E-state index < -0.39 is 0 Å². The number of anilines is 1. The molecule has 148 valence electrons. The number of methoxy groups -OCH3 is 1. The highest BCUT2D eigenvalue weighted by Crippen LogP contribution is 2.25. The van der Waals surface area contributed by atoms with E-state index in [9.17, 15) is 14.7 Å². The van der Waals surface area contributed by atoms with Crippen molar-refractivity contribution < 1.29 is 24.2 Å². The number of nitrogens with one attached hydrogen (secondary N) is 2. The molecule has 2 aromatic rings. The summed E-state index contributed by atoms with van der Waals surface area (Å²) in [5.41, 5.74) is 3.63. The van der Waals surface area contributed by atoms with Crippen LogP contribution in [0.25, 0.3) is 0 Å². The largest absolute Gasteiger partial charge is 0.504 e. The average molecular weight is 385 g/mol. The van der Waals surface area contributed by atoms with Crippen molar-refractivity contribution in [2.24, 2.45) is 5.10 Å². The van der Waals surface area contributed by atoms with Crippen molar-refractivity contribution in [1.29, 1.82) is 0 Å². The van der Waals surface area contributed by atoms with Gasteiger partial charge in [0.25, 0.3) is 0 Å². The maximum atomic E-state index is 11.9. The van der Waals surface area contributed by atoms with Crippen LogP contribution in [0.4, 0.5) is 5.69 Å². The molecule has 2 aromatic carbocycles. The molecule has 0 bridgehead atoms. The zero-order chi connectivity index (χ0) is 20.4. The SMILES string of the molecule is CCOc1ccc(NC(=O)CCC(=O)NN=Cc2ccc(O)c(OC)c2)cc1. The average Bonchev–Trinajstić information content (AvgIpc) is 2.69. The molecular formula is C20H23N3O5. The summed E-state index contributed by atoms with van der Waals surface area (Å²) < 4.78 is 10.3. The van der Waals surface area contributed by atoms with E-state index in [1.54, 1.807) is 36.4 Å². The van der Waals surface area contributed by atoms with Crippen molar-refractivity contribution in [3.05, 3.63) is 48.0 Å². The predicted octanol–water partition coefficient (Wildman–Crippen LogP) is 2.67. The van der Waals surface area contributed by atoms with Gasteiger partial charge in [0, 0.05) is 18.5 Å². The number of carbonyl (C=O) groups excluding carboxylic acids is 2. The molecule has 8 heteroatoms. The summed E-state index contributed by atoms with van der Waals surface area (Å²) in [6, 6.07) is 11.7. The third-order valence-corrected chi connectivity index (χ3v) is 3.63. The number of phenols is 1. The smallest absolute Gasteiger partial charge is 0.240 e. The Morgan fingerprint density at radius 2 is 1.82 bits per heavy atom. The second kappa shape index (κ2) is 10.6. The van der Waals surface area contributed by atoms with Crippen molar-refractivity contribution in [1.82, 2.24) is 5.43 Å². The van der Waals surface area contributed by atoms with Gasteiger partial charge in [-0.1, -0.05) is 0 Å². The molecule has 0 aliphatic carbocycles. The first-order valence-electron chi connectivity index (χ1n) is 8.73. The fourth-order valence-electron chi connectivity index (χ4n) is 2.26. The van der Waals surface area contributed by atoms with E-state index in [2.05, 4.69) is 15.8 Å². The topological polar surface area (TPSA) is 109 Å². The van der Waals surface area contributed by atoms with Gasteiger partial charge in [0.2, 0.25) is 11.8 Å². The van der Waals surface area contributed by atoms with Gasteiger partial charge in [0.15, 0.2) is 11.5 Å². The van der Waals surface area contributed by atoms with Gasteiger partial charge >= 0.3 is 0 Å². The second-order valence-corrected chi connectivity index (χ2v) is 5.73. The van der Waals surface area contributed by atoms with Gasteiger partial charge in [-0.05, 0) is 55.0 Å². The minimum Gasteiger partial charge on any atom is -0.504 e. The van der Waals surface area contributed by atoms with Crippen LogP contribution in [-0.2, 0) is 9.59 Å². The van der Waals surface area contributed by atoms with Crippen LogP contribution in [0.3, 0.4) is 0 Å². The minimum atomic E-state index is -0.385. The van der Waals surface area contributed by atoms with Crippen LogP contribution in [0.15, 0.2) is 47.6 Å². The van der Waals surface area contributed by atoms with E-state index in [4.69, 9.17) is 9.47 Å². The van der Waals surface area contributed by atoms with Gasteiger partial charge in [0.05, 0.1) is 19.9 Å². The number of amides is 2. The van der Waals surface area contributed by atoms with Crippen LogP contribution in [0.5, 0.6) is 17.2 Å². The van der Waals surface area contributed by atoms with Crippen molar-refractivity contribution in [2.75, 3.05) is 19.0 Å². The standard InChI is InChI=1S/C20H23N3O5/c1-3-28-16-7-5-15(6-8-16)22-19(25)10-11-20(26)23-21-13-14-4-9-17(24)18(12-14)27-2/h4-9,12-13,24H,3,10-11H2,1-2H3,(H,22,25)(H,23,26). The predicted molar refractivity (Wildman–Crippen MR) is 106 cm³/mol. The van der Waals surface area contributed by atoms with Crippen LogP contribution >= 0.6 is 0 Å². The van der Waals surface area contributed by atoms with Gasteiger partial charge < -0.3 is 19.9 Å². The molecule has 0 aliphatic rings. The van der Waals surface area contributed by atoms with Crippen LogP contribution in [-0.4, -0.2) is 36.9 Å². The molecule has 0 unspecified atom stereocenters. The van der Waals surface area contributed by atoms with E-state index in [0.717, 1.165) is 5.75 Å². The third kappa shape index (κ3) is 6.64. The Labute approximate surface area is 163 Å². The summed E-state index contributed by atoms with van der Waals surface area (Å²) in [4.78, 5) is 23.7. The normalized spacial score (nSPS) is 10.5. The molecule has 3 N–H and O–H groups in total. The van der Waals surface area contributed by atoms with E-state index in [1.807, 2.05) is 6.92 Å². The van der Waals surface area contributed by atoms with Crippen molar-refractivity contribution >= 4 is 23.7 Å². The fourth-order valence-corrected chi connectivity index (χ4v) is 2.26. The summed E-state index contributed by atoms with van der Waals surface area (Å²) in [7, 11) is 1.44. The fraction of sp³-hybridized carbons (Fsp3) is 0.250. The van der Waals surface area contributed by atoms with Crippen molar-refractivity contribution in [3.63, 3.8) is 0 Å². The molecule has 0 aromatic heterocycles. The number of hydrogen-bond acceptors (Lipinski definition) is 6. The van der Waals surface area contributed by atoms with Crippen LogP contribution in [0.2, 0.25) is 0 Å². The van der Waals surface area contributed by atoms with Gasteiger partial charge in [-0.2, -0.15) is 5.10 Å². The number of phenolic OH excluding ortho intramolecular Hbond substituents is 1. The highest BCUT2D eigenvalue weighted by atomic mass is 16.5. The van der Waals surface area contributed by atoms with Gasteiger partial charge in [-0.3, -0.25) is 9.59 Å². The maximum Gasteiger partial charge on any atom is 0.240 e. The van der Waals surface area contributed by atoms with Crippen molar-refractivity contribution in [3.8, 4) is 17.2 Å². The molecule has 0 saturated heterocycles.